The molecule has 0 bridgehead atoms. The molecule has 2 nitrogen and oxygen atoms in total. The Hall–Kier alpha value is -6.90. The van der Waals surface area contributed by atoms with Crippen molar-refractivity contribution in [1.29, 1.82) is 0 Å². The van der Waals surface area contributed by atoms with Gasteiger partial charge >= 0.3 is 0 Å². The van der Waals surface area contributed by atoms with Crippen molar-refractivity contribution in [3.8, 4) is 22.3 Å². The van der Waals surface area contributed by atoms with Gasteiger partial charge in [0.15, 0.2) is 0 Å². The summed E-state index contributed by atoms with van der Waals surface area (Å²) in [7, 11) is 0. The fraction of sp³-hybridized carbons (Fsp3) is 0.0385. The Kier molecular flexibility index (Phi) is 6.72. The second-order valence-electron chi connectivity index (χ2n) is 14.6. The van der Waals surface area contributed by atoms with Gasteiger partial charge in [-0.05, 0) is 104 Å². The lowest BCUT2D eigenvalue weighted by Crippen LogP contribution is -2.22. The van der Waals surface area contributed by atoms with Crippen molar-refractivity contribution in [1.82, 2.24) is 0 Å². The summed E-state index contributed by atoms with van der Waals surface area (Å²) in [4.78, 5) is 2.42. The van der Waals surface area contributed by atoms with E-state index in [9.17, 15) is 0 Å². The third-order valence-electron chi connectivity index (χ3n) is 11.7. The fourth-order valence-corrected chi connectivity index (χ4v) is 9.19. The van der Waals surface area contributed by atoms with Crippen LogP contribution in [0.25, 0.3) is 65.7 Å². The zero-order valence-electron chi connectivity index (χ0n) is 29.8. The van der Waals surface area contributed by atoms with Crippen LogP contribution in [0.4, 0.5) is 17.1 Å². The number of anilines is 3. The van der Waals surface area contributed by atoms with Crippen LogP contribution >= 0.6 is 0 Å². The minimum absolute atomic E-state index is 0.360. The summed E-state index contributed by atoms with van der Waals surface area (Å²) in [6.07, 6.45) is 0. The molecule has 10 aromatic rings. The molecule has 0 saturated carbocycles. The van der Waals surface area contributed by atoms with Crippen LogP contribution in [0, 0.1) is 0 Å². The lowest BCUT2D eigenvalue weighted by Gasteiger charge is -2.29. The van der Waals surface area contributed by atoms with Crippen LogP contribution in [-0.4, -0.2) is 0 Å². The summed E-state index contributed by atoms with van der Waals surface area (Å²) in [5.74, 6) is 0. The van der Waals surface area contributed by atoms with Crippen molar-refractivity contribution >= 4 is 60.5 Å². The standard InChI is InChI=1S/C52H35NO/c1-52(45-22-11-9-19-41(45)42-20-10-12-23-46(42)52)47-24-13-25-50-51(47)44-33-38(30-31-49(44)54-50)53(37-28-26-35(27-29-37)34-14-3-2-4-15-34)48-32-36-16-5-6-17-39(36)40-18-7-8-21-43(40)48/h2-33H,1H3. The zero-order valence-corrected chi connectivity index (χ0v) is 29.8. The Balaban J connectivity index is 1.17. The molecule has 0 N–H and O–H groups in total. The van der Waals surface area contributed by atoms with E-state index in [0.717, 1.165) is 39.0 Å². The Morgan fingerprint density at radius 2 is 1.00 bits per heavy atom. The van der Waals surface area contributed by atoms with E-state index in [-0.39, 0.29) is 5.41 Å². The van der Waals surface area contributed by atoms with Crippen LogP contribution < -0.4 is 4.90 Å². The SMILES string of the molecule is CC1(c2cccc3oc4ccc(N(c5ccc(-c6ccccc6)cc5)c5cc6ccccc6c6ccccc56)cc4c23)c2ccccc2-c2ccccc21. The first kappa shape index (κ1) is 30.7. The Morgan fingerprint density at radius 3 is 1.76 bits per heavy atom. The van der Waals surface area contributed by atoms with Crippen LogP contribution in [0.15, 0.2) is 199 Å². The topological polar surface area (TPSA) is 16.4 Å². The first-order valence-corrected chi connectivity index (χ1v) is 18.7. The molecule has 1 aliphatic carbocycles. The minimum atomic E-state index is -0.360. The second-order valence-corrected chi connectivity index (χ2v) is 14.6. The van der Waals surface area contributed by atoms with Crippen molar-refractivity contribution < 1.29 is 4.42 Å². The van der Waals surface area contributed by atoms with Crippen LogP contribution in [0.3, 0.4) is 0 Å². The van der Waals surface area contributed by atoms with E-state index in [1.54, 1.807) is 0 Å². The average molecular weight is 690 g/mol. The molecule has 11 rings (SSSR count). The third kappa shape index (κ3) is 4.47. The highest BCUT2D eigenvalue weighted by Crippen LogP contribution is 2.54. The lowest BCUT2D eigenvalue weighted by atomic mass is 9.73. The maximum atomic E-state index is 6.69. The number of hydrogen-bond acceptors (Lipinski definition) is 2. The van der Waals surface area contributed by atoms with Crippen LogP contribution in [0.5, 0.6) is 0 Å². The van der Waals surface area contributed by atoms with Gasteiger partial charge in [-0.25, -0.2) is 0 Å². The second kappa shape index (κ2) is 11.8. The number of fused-ring (bicyclic) bond motifs is 9. The summed E-state index contributed by atoms with van der Waals surface area (Å²) < 4.78 is 6.69. The predicted octanol–water partition coefficient (Wildman–Crippen LogP) is 14.4. The maximum absolute atomic E-state index is 6.69. The number of furan rings is 1. The summed E-state index contributed by atoms with van der Waals surface area (Å²) in [6.45, 7) is 2.39. The fourth-order valence-electron chi connectivity index (χ4n) is 9.19. The molecular weight excluding hydrogens is 655 g/mol. The average Bonchev–Trinajstić information content (AvgIpc) is 3.74. The van der Waals surface area contributed by atoms with Gasteiger partial charge in [-0.1, -0.05) is 152 Å². The molecule has 0 saturated heterocycles. The highest BCUT2D eigenvalue weighted by atomic mass is 16.3. The molecule has 1 heterocycles. The van der Waals surface area contributed by atoms with Gasteiger partial charge in [-0.2, -0.15) is 0 Å². The summed E-state index contributed by atoms with van der Waals surface area (Å²) in [5, 5.41) is 7.17. The Morgan fingerprint density at radius 1 is 0.407 bits per heavy atom. The first-order valence-electron chi connectivity index (χ1n) is 18.7. The van der Waals surface area contributed by atoms with Crippen molar-refractivity contribution in [2.24, 2.45) is 0 Å². The number of nitrogens with zero attached hydrogens (tertiary/aromatic N) is 1. The van der Waals surface area contributed by atoms with Gasteiger partial charge in [0.25, 0.3) is 0 Å². The number of hydrogen-bond donors (Lipinski definition) is 0. The van der Waals surface area contributed by atoms with Crippen LogP contribution in [0.2, 0.25) is 0 Å². The molecule has 1 aliphatic rings. The molecule has 254 valence electrons. The molecule has 0 unspecified atom stereocenters. The van der Waals surface area contributed by atoms with Gasteiger partial charge in [-0.3, -0.25) is 0 Å². The smallest absolute Gasteiger partial charge is 0.135 e. The minimum Gasteiger partial charge on any atom is -0.456 e. The Labute approximate surface area is 314 Å². The first-order chi connectivity index (χ1) is 26.7. The van der Waals surface area contributed by atoms with E-state index < -0.39 is 0 Å². The molecule has 0 atom stereocenters. The number of benzene rings is 9. The van der Waals surface area contributed by atoms with E-state index in [4.69, 9.17) is 4.42 Å². The van der Waals surface area contributed by atoms with Crippen LogP contribution in [-0.2, 0) is 5.41 Å². The third-order valence-corrected chi connectivity index (χ3v) is 11.7. The van der Waals surface area contributed by atoms with Gasteiger partial charge in [0, 0.05) is 32.9 Å². The normalized spacial score (nSPS) is 13.1. The van der Waals surface area contributed by atoms with E-state index >= 15 is 0 Å². The van der Waals surface area contributed by atoms with E-state index in [1.807, 2.05) is 0 Å². The molecule has 0 fully saturated rings. The molecule has 54 heavy (non-hydrogen) atoms. The molecule has 0 amide bonds. The van der Waals surface area contributed by atoms with Crippen molar-refractivity contribution in [2.45, 2.75) is 12.3 Å². The largest absolute Gasteiger partial charge is 0.456 e. The molecular formula is C52H35NO. The monoisotopic (exact) mass is 689 g/mol. The van der Waals surface area contributed by atoms with Gasteiger partial charge < -0.3 is 9.32 Å². The van der Waals surface area contributed by atoms with E-state index in [0.29, 0.717) is 0 Å². The maximum Gasteiger partial charge on any atom is 0.135 e. The van der Waals surface area contributed by atoms with Crippen molar-refractivity contribution in [3.05, 3.63) is 211 Å². The summed E-state index contributed by atoms with van der Waals surface area (Å²) in [5.41, 5.74) is 13.6. The summed E-state index contributed by atoms with van der Waals surface area (Å²) in [6, 6.07) is 70.5. The predicted molar refractivity (Wildman–Crippen MR) is 226 cm³/mol. The Bertz CT molecular complexity index is 3020. The van der Waals surface area contributed by atoms with Gasteiger partial charge in [-0.15, -0.1) is 0 Å². The van der Waals surface area contributed by atoms with Gasteiger partial charge in [0.05, 0.1) is 5.69 Å². The molecule has 0 spiro atoms. The molecule has 9 aromatic carbocycles. The zero-order chi connectivity index (χ0) is 35.8. The highest BCUT2D eigenvalue weighted by molar-refractivity contribution is 6.15. The summed E-state index contributed by atoms with van der Waals surface area (Å²) >= 11 is 0. The molecule has 0 aliphatic heterocycles. The van der Waals surface area contributed by atoms with E-state index in [2.05, 4.69) is 206 Å². The molecule has 0 radical (unpaired) electrons. The number of rotatable bonds is 5. The van der Waals surface area contributed by atoms with Crippen molar-refractivity contribution in [2.75, 3.05) is 4.90 Å². The lowest BCUT2D eigenvalue weighted by molar-refractivity contribution is 0.666. The highest BCUT2D eigenvalue weighted by Gasteiger charge is 2.42. The van der Waals surface area contributed by atoms with E-state index in [1.165, 1.54) is 60.5 Å². The van der Waals surface area contributed by atoms with Crippen LogP contribution in [0.1, 0.15) is 23.6 Å². The quantitative estimate of drug-likeness (QED) is 0.167. The van der Waals surface area contributed by atoms with Crippen molar-refractivity contribution in [3.63, 3.8) is 0 Å². The van der Waals surface area contributed by atoms with Gasteiger partial charge in [0.2, 0.25) is 0 Å². The van der Waals surface area contributed by atoms with Gasteiger partial charge in [0.1, 0.15) is 11.2 Å². The molecule has 2 heteroatoms. The molecule has 1 aromatic heterocycles.